The van der Waals surface area contributed by atoms with Gasteiger partial charge in [0.1, 0.15) is 0 Å². The number of aromatic nitrogens is 2. The Morgan fingerprint density at radius 1 is 1.15 bits per heavy atom. The predicted octanol–water partition coefficient (Wildman–Crippen LogP) is 2.46. The number of rotatable bonds is 5. The third-order valence-electron chi connectivity index (χ3n) is 4.13. The third-order valence-corrected chi connectivity index (χ3v) is 4.13. The van der Waals surface area contributed by atoms with Gasteiger partial charge < -0.3 is 20.1 Å². The number of ether oxygens (including phenoxy) is 2. The molecule has 0 unspecified atom stereocenters. The van der Waals surface area contributed by atoms with E-state index in [4.69, 9.17) is 9.47 Å². The molecule has 0 atom stereocenters. The van der Waals surface area contributed by atoms with E-state index < -0.39 is 5.91 Å². The van der Waals surface area contributed by atoms with Crippen LogP contribution in [0.1, 0.15) is 34.5 Å². The summed E-state index contributed by atoms with van der Waals surface area (Å²) in [4.78, 5) is 29.5. The zero-order chi connectivity index (χ0) is 18.8. The Morgan fingerprint density at radius 3 is 2.85 bits per heavy atom. The molecule has 3 heterocycles. The maximum Gasteiger partial charge on any atom is 0.287 e. The lowest BCUT2D eigenvalue weighted by atomic mass is 10.2. The predicted molar refractivity (Wildman–Crippen MR) is 98.3 cm³/mol. The highest BCUT2D eigenvalue weighted by molar-refractivity contribution is 6.09. The van der Waals surface area contributed by atoms with Crippen molar-refractivity contribution in [3.63, 3.8) is 0 Å². The van der Waals surface area contributed by atoms with Gasteiger partial charge in [-0.05, 0) is 30.7 Å². The van der Waals surface area contributed by atoms with Crippen molar-refractivity contribution in [2.24, 2.45) is 0 Å². The Kier molecular flexibility index (Phi) is 4.37. The number of hydrogen-bond donors (Lipinski definition) is 2. The molecule has 0 saturated heterocycles. The molecular formula is C19H18N4O4. The van der Waals surface area contributed by atoms with E-state index in [1.165, 1.54) is 0 Å². The fourth-order valence-corrected chi connectivity index (χ4v) is 2.85. The van der Waals surface area contributed by atoms with Crippen molar-refractivity contribution < 1.29 is 19.1 Å². The summed E-state index contributed by atoms with van der Waals surface area (Å²) >= 11 is 0. The van der Waals surface area contributed by atoms with Gasteiger partial charge in [0.2, 0.25) is 12.6 Å². The highest BCUT2D eigenvalue weighted by Crippen LogP contribution is 2.34. The Balaban J connectivity index is 1.64. The maximum atomic E-state index is 12.8. The lowest BCUT2D eigenvalue weighted by Gasteiger charge is -2.05. The van der Waals surface area contributed by atoms with Crippen LogP contribution in [0, 0.1) is 0 Å². The second kappa shape index (κ2) is 6.99. The molecule has 2 amide bonds. The topological polar surface area (TPSA) is 94.0 Å². The fourth-order valence-electron chi connectivity index (χ4n) is 2.85. The quantitative estimate of drug-likeness (QED) is 0.723. The molecule has 0 spiro atoms. The molecule has 27 heavy (non-hydrogen) atoms. The van der Waals surface area contributed by atoms with Crippen LogP contribution in [0.3, 0.4) is 0 Å². The van der Waals surface area contributed by atoms with Crippen molar-refractivity contribution in [2.75, 3.05) is 18.7 Å². The Morgan fingerprint density at radius 2 is 2.00 bits per heavy atom. The number of fused-ring (bicyclic) bond motifs is 2. The molecule has 8 nitrogen and oxygen atoms in total. The van der Waals surface area contributed by atoms with Gasteiger partial charge in [0, 0.05) is 24.5 Å². The number of benzene rings is 1. The van der Waals surface area contributed by atoms with Crippen LogP contribution in [-0.4, -0.2) is 34.5 Å². The fraction of sp³-hybridized carbons (Fsp3) is 0.211. The van der Waals surface area contributed by atoms with E-state index in [2.05, 4.69) is 15.6 Å². The largest absolute Gasteiger partial charge is 0.454 e. The van der Waals surface area contributed by atoms with Gasteiger partial charge >= 0.3 is 0 Å². The standard InChI is InChI=1S/C19H18N4O4/c1-2-8-20-19(25)17-22-16(13-5-3-4-9-23(13)17)18(24)21-12-6-7-14-15(10-12)27-11-26-14/h3-7,9-10H,2,8,11H2,1H3,(H,20,25)(H,21,24). The average Bonchev–Trinajstić information content (AvgIpc) is 3.30. The average molecular weight is 366 g/mol. The number of imidazole rings is 1. The van der Waals surface area contributed by atoms with Crippen LogP contribution in [0.5, 0.6) is 11.5 Å². The monoisotopic (exact) mass is 366 g/mol. The Labute approximate surface area is 155 Å². The number of nitrogens with one attached hydrogen (secondary N) is 2. The molecule has 138 valence electrons. The van der Waals surface area contributed by atoms with Gasteiger partial charge in [-0.1, -0.05) is 13.0 Å². The molecule has 1 aromatic carbocycles. The summed E-state index contributed by atoms with van der Waals surface area (Å²) in [6, 6.07) is 10.5. The van der Waals surface area contributed by atoms with Crippen molar-refractivity contribution in [3.8, 4) is 11.5 Å². The molecule has 8 heteroatoms. The number of amides is 2. The summed E-state index contributed by atoms with van der Waals surface area (Å²) in [6.45, 7) is 2.67. The smallest absolute Gasteiger partial charge is 0.287 e. The second-order valence-corrected chi connectivity index (χ2v) is 6.02. The third kappa shape index (κ3) is 3.17. The first-order valence-electron chi connectivity index (χ1n) is 8.63. The van der Waals surface area contributed by atoms with E-state index in [-0.39, 0.29) is 24.2 Å². The lowest BCUT2D eigenvalue weighted by molar-refractivity contribution is 0.0942. The molecule has 0 aliphatic carbocycles. The molecule has 2 N–H and O–H groups in total. The van der Waals surface area contributed by atoms with E-state index in [0.29, 0.717) is 29.2 Å². The van der Waals surface area contributed by atoms with Crippen LogP contribution < -0.4 is 20.1 Å². The molecule has 1 aliphatic rings. The summed E-state index contributed by atoms with van der Waals surface area (Å²) < 4.78 is 12.2. The minimum atomic E-state index is -0.410. The molecule has 0 saturated carbocycles. The number of pyridine rings is 1. The zero-order valence-electron chi connectivity index (χ0n) is 14.7. The van der Waals surface area contributed by atoms with Crippen LogP contribution in [0.15, 0.2) is 42.6 Å². The molecule has 3 aromatic rings. The zero-order valence-corrected chi connectivity index (χ0v) is 14.7. The van der Waals surface area contributed by atoms with Gasteiger partial charge in [0.15, 0.2) is 17.2 Å². The van der Waals surface area contributed by atoms with E-state index in [1.807, 2.05) is 6.92 Å². The van der Waals surface area contributed by atoms with Gasteiger partial charge in [-0.15, -0.1) is 0 Å². The van der Waals surface area contributed by atoms with Crippen molar-refractivity contribution in [2.45, 2.75) is 13.3 Å². The molecule has 2 aromatic heterocycles. The first kappa shape index (κ1) is 16.9. The van der Waals surface area contributed by atoms with Gasteiger partial charge in [0.05, 0.1) is 5.52 Å². The van der Waals surface area contributed by atoms with Gasteiger partial charge in [-0.3, -0.25) is 14.0 Å². The number of nitrogens with zero attached hydrogens (tertiary/aromatic N) is 2. The lowest BCUT2D eigenvalue weighted by Crippen LogP contribution is -2.26. The summed E-state index contributed by atoms with van der Waals surface area (Å²) in [7, 11) is 0. The summed E-state index contributed by atoms with van der Waals surface area (Å²) in [5.74, 6) is 0.652. The maximum absolute atomic E-state index is 12.8. The van der Waals surface area contributed by atoms with E-state index in [9.17, 15) is 9.59 Å². The number of hydrogen-bond acceptors (Lipinski definition) is 5. The highest BCUT2D eigenvalue weighted by Gasteiger charge is 2.22. The Hall–Kier alpha value is -3.55. The second-order valence-electron chi connectivity index (χ2n) is 6.02. The van der Waals surface area contributed by atoms with Crippen LogP contribution in [0.2, 0.25) is 0 Å². The van der Waals surface area contributed by atoms with E-state index in [1.54, 1.807) is 47.0 Å². The first-order chi connectivity index (χ1) is 13.2. The van der Waals surface area contributed by atoms with Crippen LogP contribution in [0.25, 0.3) is 5.52 Å². The molecule has 0 bridgehead atoms. The SMILES string of the molecule is CCCNC(=O)c1nc(C(=O)Nc2ccc3c(c2)OCO3)c2ccccn12. The molecule has 0 fully saturated rings. The summed E-state index contributed by atoms with van der Waals surface area (Å²) in [5, 5.41) is 5.58. The van der Waals surface area contributed by atoms with Crippen LogP contribution in [0.4, 0.5) is 5.69 Å². The van der Waals surface area contributed by atoms with Gasteiger partial charge in [-0.25, -0.2) is 4.98 Å². The molecule has 4 rings (SSSR count). The van der Waals surface area contributed by atoms with Crippen molar-refractivity contribution in [1.82, 2.24) is 14.7 Å². The number of carbonyl (C=O) groups excluding carboxylic acids is 2. The highest BCUT2D eigenvalue weighted by atomic mass is 16.7. The molecular weight excluding hydrogens is 348 g/mol. The van der Waals surface area contributed by atoms with Gasteiger partial charge in [0.25, 0.3) is 11.8 Å². The van der Waals surface area contributed by atoms with E-state index >= 15 is 0 Å². The van der Waals surface area contributed by atoms with E-state index in [0.717, 1.165) is 6.42 Å². The summed E-state index contributed by atoms with van der Waals surface area (Å²) in [5.41, 5.74) is 1.28. The Bertz CT molecular complexity index is 1030. The normalized spacial score (nSPS) is 12.2. The van der Waals surface area contributed by atoms with Crippen LogP contribution in [-0.2, 0) is 0 Å². The van der Waals surface area contributed by atoms with Crippen molar-refractivity contribution in [1.29, 1.82) is 0 Å². The number of carbonyl (C=O) groups is 2. The molecule has 1 aliphatic heterocycles. The first-order valence-corrected chi connectivity index (χ1v) is 8.63. The minimum absolute atomic E-state index is 0.161. The summed E-state index contributed by atoms with van der Waals surface area (Å²) in [6.07, 6.45) is 2.52. The van der Waals surface area contributed by atoms with Crippen molar-refractivity contribution in [3.05, 3.63) is 54.1 Å². The molecule has 0 radical (unpaired) electrons. The van der Waals surface area contributed by atoms with Crippen molar-refractivity contribution >= 4 is 23.0 Å². The minimum Gasteiger partial charge on any atom is -0.454 e. The van der Waals surface area contributed by atoms with Crippen LogP contribution >= 0.6 is 0 Å². The van der Waals surface area contributed by atoms with Gasteiger partial charge in [-0.2, -0.15) is 0 Å². The number of anilines is 1.